The average Bonchev–Trinajstić information content (AvgIpc) is 2.60. The monoisotopic (exact) mass is 312 g/mol. The maximum Gasteiger partial charge on any atom is 0.337 e. The largest absolute Gasteiger partial charge is 0.465 e. The van der Waals surface area contributed by atoms with Crippen LogP contribution >= 0.6 is 0 Å². The quantitative estimate of drug-likeness (QED) is 0.534. The van der Waals surface area contributed by atoms with Gasteiger partial charge in [0.15, 0.2) is 0 Å². The normalized spacial score (nSPS) is 10.7. The molecule has 0 N–H and O–H groups in total. The van der Waals surface area contributed by atoms with Gasteiger partial charge < -0.3 is 13.9 Å². The molecule has 23 heavy (non-hydrogen) atoms. The zero-order chi connectivity index (χ0) is 16.6. The highest BCUT2D eigenvalue weighted by molar-refractivity contribution is 5.99. The first-order valence-corrected chi connectivity index (χ1v) is 6.72. The number of rotatable bonds is 2. The maximum absolute atomic E-state index is 12.7. The Labute approximate surface area is 130 Å². The predicted octanol–water partition coefficient (Wildman–Crippen LogP) is 2.52. The molecular formula is C17H12O6. The third-order valence-corrected chi connectivity index (χ3v) is 3.51. The summed E-state index contributed by atoms with van der Waals surface area (Å²) in [4.78, 5) is 35.8. The van der Waals surface area contributed by atoms with Crippen molar-refractivity contribution in [1.29, 1.82) is 0 Å². The van der Waals surface area contributed by atoms with Crippen molar-refractivity contribution in [3.8, 4) is 0 Å². The van der Waals surface area contributed by atoms with Gasteiger partial charge >= 0.3 is 11.9 Å². The van der Waals surface area contributed by atoms with Gasteiger partial charge in [-0.05, 0) is 36.4 Å². The molecule has 0 spiro atoms. The third-order valence-electron chi connectivity index (χ3n) is 3.51. The van der Waals surface area contributed by atoms with E-state index in [1.807, 2.05) is 0 Å². The van der Waals surface area contributed by atoms with Gasteiger partial charge in [0.05, 0.1) is 36.1 Å². The highest BCUT2D eigenvalue weighted by atomic mass is 16.5. The van der Waals surface area contributed by atoms with Crippen LogP contribution in [0.3, 0.4) is 0 Å². The zero-order valence-corrected chi connectivity index (χ0v) is 12.4. The number of benzene rings is 2. The zero-order valence-electron chi connectivity index (χ0n) is 12.4. The lowest BCUT2D eigenvalue weighted by atomic mass is 10.1. The molecule has 6 heteroatoms. The highest BCUT2D eigenvalue weighted by Crippen LogP contribution is 2.21. The van der Waals surface area contributed by atoms with Crippen LogP contribution in [0.4, 0.5) is 0 Å². The Balaban J connectivity index is 2.31. The average molecular weight is 312 g/mol. The van der Waals surface area contributed by atoms with Gasteiger partial charge in [-0.1, -0.05) is 0 Å². The van der Waals surface area contributed by atoms with Gasteiger partial charge in [0, 0.05) is 0 Å². The summed E-state index contributed by atoms with van der Waals surface area (Å²) in [6, 6.07) is 8.94. The van der Waals surface area contributed by atoms with E-state index >= 15 is 0 Å². The lowest BCUT2D eigenvalue weighted by Gasteiger charge is -2.05. The summed E-state index contributed by atoms with van der Waals surface area (Å²) in [7, 11) is 2.52. The van der Waals surface area contributed by atoms with E-state index in [0.29, 0.717) is 11.2 Å². The van der Waals surface area contributed by atoms with E-state index in [4.69, 9.17) is 4.42 Å². The van der Waals surface area contributed by atoms with Crippen LogP contribution in [0, 0.1) is 0 Å². The van der Waals surface area contributed by atoms with Crippen LogP contribution in [-0.2, 0) is 9.47 Å². The summed E-state index contributed by atoms with van der Waals surface area (Å²) in [5, 5.41) is 0.477. The van der Waals surface area contributed by atoms with E-state index in [0.717, 1.165) is 0 Å². The molecule has 1 heterocycles. The van der Waals surface area contributed by atoms with Gasteiger partial charge in [-0.3, -0.25) is 4.79 Å². The van der Waals surface area contributed by atoms with Crippen LogP contribution in [-0.4, -0.2) is 26.2 Å². The Morgan fingerprint density at radius 1 is 0.826 bits per heavy atom. The Bertz CT molecular complexity index is 922. The molecule has 0 fully saturated rings. The van der Waals surface area contributed by atoms with Gasteiger partial charge in [0.2, 0.25) is 5.43 Å². The molecule has 3 aromatic rings. The van der Waals surface area contributed by atoms with Crippen molar-refractivity contribution < 1.29 is 23.5 Å². The Hall–Kier alpha value is -3.15. The molecule has 2 aromatic carbocycles. The summed E-state index contributed by atoms with van der Waals surface area (Å²) in [5.74, 6) is -1.09. The second-order valence-corrected chi connectivity index (χ2v) is 4.84. The summed E-state index contributed by atoms with van der Waals surface area (Å²) in [5.41, 5.74) is 0.853. The number of hydrogen-bond acceptors (Lipinski definition) is 6. The molecule has 0 saturated carbocycles. The number of carbonyl (C=O) groups excluding carboxylic acids is 2. The third kappa shape index (κ3) is 2.44. The van der Waals surface area contributed by atoms with E-state index < -0.39 is 11.9 Å². The molecule has 0 radical (unpaired) electrons. The van der Waals surface area contributed by atoms with E-state index in [1.165, 1.54) is 50.6 Å². The number of ether oxygens (including phenoxy) is 2. The first kappa shape index (κ1) is 14.8. The number of fused-ring (bicyclic) bond motifs is 2. The van der Waals surface area contributed by atoms with Gasteiger partial charge in [-0.15, -0.1) is 0 Å². The lowest BCUT2D eigenvalue weighted by molar-refractivity contribution is 0.0592. The molecule has 0 aliphatic heterocycles. The van der Waals surface area contributed by atoms with Crippen molar-refractivity contribution in [3.63, 3.8) is 0 Å². The molecule has 0 unspecified atom stereocenters. The molecule has 6 nitrogen and oxygen atoms in total. The van der Waals surface area contributed by atoms with E-state index in [9.17, 15) is 14.4 Å². The molecule has 116 valence electrons. The van der Waals surface area contributed by atoms with Crippen molar-refractivity contribution in [2.45, 2.75) is 0 Å². The second-order valence-electron chi connectivity index (χ2n) is 4.84. The second kappa shape index (κ2) is 5.57. The molecular weight excluding hydrogens is 300 g/mol. The van der Waals surface area contributed by atoms with E-state index in [2.05, 4.69) is 9.47 Å². The van der Waals surface area contributed by atoms with Crippen molar-refractivity contribution in [1.82, 2.24) is 0 Å². The van der Waals surface area contributed by atoms with Crippen LogP contribution in [0.15, 0.2) is 45.6 Å². The SMILES string of the molecule is COC(=O)c1ccc2oc3ccc(C(=O)OC)cc3c(=O)c2c1. The minimum Gasteiger partial charge on any atom is -0.465 e. The van der Waals surface area contributed by atoms with Crippen molar-refractivity contribution in [2.75, 3.05) is 14.2 Å². The van der Waals surface area contributed by atoms with Crippen LogP contribution in [0.25, 0.3) is 21.9 Å². The fourth-order valence-corrected chi connectivity index (χ4v) is 2.35. The molecule has 0 saturated heterocycles. The summed E-state index contributed by atoms with van der Waals surface area (Å²) >= 11 is 0. The predicted molar refractivity (Wildman–Crippen MR) is 82.7 cm³/mol. The minimum absolute atomic E-state index is 0.238. The summed E-state index contributed by atoms with van der Waals surface area (Å²) in [6.07, 6.45) is 0. The number of hydrogen-bond donors (Lipinski definition) is 0. The first-order valence-electron chi connectivity index (χ1n) is 6.72. The molecule has 1 aromatic heterocycles. The Morgan fingerprint density at radius 3 is 1.65 bits per heavy atom. The lowest BCUT2D eigenvalue weighted by Crippen LogP contribution is -2.07. The van der Waals surface area contributed by atoms with Gasteiger partial charge in [-0.2, -0.15) is 0 Å². The number of carbonyl (C=O) groups is 2. The van der Waals surface area contributed by atoms with Gasteiger partial charge in [-0.25, -0.2) is 9.59 Å². The van der Waals surface area contributed by atoms with Crippen LogP contribution < -0.4 is 5.43 Å². The molecule has 0 atom stereocenters. The van der Waals surface area contributed by atoms with Gasteiger partial charge in [0.25, 0.3) is 0 Å². The topological polar surface area (TPSA) is 82.8 Å². The number of esters is 2. The van der Waals surface area contributed by atoms with Crippen LogP contribution in [0.2, 0.25) is 0 Å². The molecule has 0 aliphatic rings. The van der Waals surface area contributed by atoms with Crippen molar-refractivity contribution in [3.05, 3.63) is 57.7 Å². The van der Waals surface area contributed by atoms with Gasteiger partial charge in [0.1, 0.15) is 11.2 Å². The minimum atomic E-state index is -0.547. The fourth-order valence-electron chi connectivity index (χ4n) is 2.35. The van der Waals surface area contributed by atoms with Crippen molar-refractivity contribution >= 4 is 33.9 Å². The maximum atomic E-state index is 12.7. The van der Waals surface area contributed by atoms with E-state index in [1.54, 1.807) is 0 Å². The van der Waals surface area contributed by atoms with E-state index in [-0.39, 0.29) is 27.3 Å². The fraction of sp³-hybridized carbons (Fsp3) is 0.118. The Morgan fingerprint density at radius 2 is 1.26 bits per heavy atom. The molecule has 0 amide bonds. The van der Waals surface area contributed by atoms with Crippen LogP contribution in [0.5, 0.6) is 0 Å². The molecule has 0 bridgehead atoms. The highest BCUT2D eigenvalue weighted by Gasteiger charge is 2.14. The summed E-state index contributed by atoms with van der Waals surface area (Å²) < 4.78 is 14.9. The van der Waals surface area contributed by atoms with Crippen molar-refractivity contribution in [2.24, 2.45) is 0 Å². The Kier molecular flexibility index (Phi) is 3.57. The molecule has 0 aliphatic carbocycles. The smallest absolute Gasteiger partial charge is 0.337 e. The first-order chi connectivity index (χ1) is 11.0. The van der Waals surface area contributed by atoms with Crippen LogP contribution in [0.1, 0.15) is 20.7 Å². The molecule has 3 rings (SSSR count). The summed E-state index contributed by atoms with van der Waals surface area (Å²) in [6.45, 7) is 0. The number of methoxy groups -OCH3 is 2. The standard InChI is InChI=1S/C17H12O6/c1-21-16(19)9-3-5-13-11(7-9)15(18)12-8-10(17(20)22-2)4-6-14(12)23-13/h3-8H,1-2H3.